The van der Waals surface area contributed by atoms with Crippen LogP contribution in [0.25, 0.3) is 0 Å². The Labute approximate surface area is 141 Å². The van der Waals surface area contributed by atoms with E-state index >= 15 is 0 Å². The monoisotopic (exact) mass is 329 g/mol. The number of nitrogens with zero attached hydrogens (tertiary/aromatic N) is 5. The van der Waals surface area contributed by atoms with Gasteiger partial charge in [0.2, 0.25) is 0 Å². The highest BCUT2D eigenvalue weighted by molar-refractivity contribution is 5.49. The average molecular weight is 329 g/mol. The number of anilines is 2. The Bertz CT molecular complexity index is 664. The van der Waals surface area contributed by atoms with Crippen LogP contribution in [0.4, 0.5) is 11.6 Å². The summed E-state index contributed by atoms with van der Waals surface area (Å²) >= 11 is 0. The first-order chi connectivity index (χ1) is 11.7. The second kappa shape index (κ2) is 7.50. The predicted molar refractivity (Wildman–Crippen MR) is 91.8 cm³/mol. The number of hydrogen-bond donors (Lipinski definition) is 3. The van der Waals surface area contributed by atoms with Crippen molar-refractivity contribution in [1.29, 1.82) is 0 Å². The Morgan fingerprint density at radius 1 is 1.29 bits per heavy atom. The molecule has 1 saturated heterocycles. The van der Waals surface area contributed by atoms with Crippen LogP contribution in [0, 0.1) is 6.92 Å². The van der Waals surface area contributed by atoms with E-state index in [-0.39, 0.29) is 12.1 Å². The van der Waals surface area contributed by atoms with Gasteiger partial charge in [-0.1, -0.05) is 0 Å². The quantitative estimate of drug-likeness (QED) is 0.698. The lowest BCUT2D eigenvalue weighted by Crippen LogP contribution is -2.38. The molecule has 0 aromatic carbocycles. The van der Waals surface area contributed by atoms with Crippen molar-refractivity contribution in [1.82, 2.24) is 25.5 Å². The summed E-state index contributed by atoms with van der Waals surface area (Å²) in [6.45, 7) is 3.89. The van der Waals surface area contributed by atoms with E-state index in [1.807, 2.05) is 32.2 Å². The summed E-state index contributed by atoms with van der Waals surface area (Å²) in [6.07, 6.45) is 1.91. The van der Waals surface area contributed by atoms with Crippen LogP contribution in [0.15, 0.2) is 24.5 Å². The lowest BCUT2D eigenvalue weighted by molar-refractivity contribution is 0.194. The average Bonchev–Trinajstić information content (AvgIpc) is 2.97. The Kier molecular flexibility index (Phi) is 5.17. The summed E-state index contributed by atoms with van der Waals surface area (Å²) in [7, 11) is 1.83. The minimum Gasteiger partial charge on any atom is -0.391 e. The molecule has 1 aliphatic rings. The van der Waals surface area contributed by atoms with Crippen molar-refractivity contribution in [2.75, 3.05) is 30.4 Å². The molecule has 1 fully saturated rings. The second-order valence-corrected chi connectivity index (χ2v) is 6.00. The normalized spacial score (nSPS) is 20.4. The van der Waals surface area contributed by atoms with E-state index in [0.717, 1.165) is 29.6 Å². The highest BCUT2D eigenvalue weighted by Gasteiger charge is 2.31. The Hall–Kier alpha value is -2.32. The zero-order valence-corrected chi connectivity index (χ0v) is 14.0. The maximum atomic E-state index is 10.1. The van der Waals surface area contributed by atoms with Gasteiger partial charge < -0.3 is 20.6 Å². The fourth-order valence-electron chi connectivity index (χ4n) is 2.89. The molecule has 0 aliphatic carbocycles. The summed E-state index contributed by atoms with van der Waals surface area (Å²) in [5, 5.41) is 24.7. The first-order valence-electron chi connectivity index (χ1n) is 8.10. The van der Waals surface area contributed by atoms with Crippen molar-refractivity contribution in [3.8, 4) is 0 Å². The Morgan fingerprint density at radius 2 is 2.17 bits per heavy atom. The molecule has 3 rings (SSSR count). The molecular formula is C16H23N7O. The predicted octanol–water partition coefficient (Wildman–Crippen LogP) is 0.346. The molecule has 24 heavy (non-hydrogen) atoms. The van der Waals surface area contributed by atoms with Crippen LogP contribution in [-0.4, -0.2) is 57.6 Å². The van der Waals surface area contributed by atoms with Crippen LogP contribution in [0.5, 0.6) is 0 Å². The van der Waals surface area contributed by atoms with Gasteiger partial charge in [-0.25, -0.2) is 9.97 Å². The van der Waals surface area contributed by atoms with Gasteiger partial charge >= 0.3 is 0 Å². The lowest BCUT2D eigenvalue weighted by Gasteiger charge is -2.25. The highest BCUT2D eigenvalue weighted by Crippen LogP contribution is 2.24. The van der Waals surface area contributed by atoms with Crippen molar-refractivity contribution in [3.05, 3.63) is 35.9 Å². The van der Waals surface area contributed by atoms with Crippen LogP contribution in [0.3, 0.4) is 0 Å². The van der Waals surface area contributed by atoms with Gasteiger partial charge in [0, 0.05) is 38.8 Å². The maximum absolute atomic E-state index is 10.1. The molecule has 3 N–H and O–H groups in total. The zero-order valence-electron chi connectivity index (χ0n) is 14.0. The third-order valence-electron chi connectivity index (χ3n) is 4.13. The van der Waals surface area contributed by atoms with Gasteiger partial charge in [-0.2, -0.15) is 10.2 Å². The van der Waals surface area contributed by atoms with Gasteiger partial charge in [0.1, 0.15) is 18.0 Å². The number of β-amino-alcohol motifs (C(OH)–C–C–N with tert-alkyl or cyclic N) is 1. The molecule has 8 heteroatoms. The second-order valence-electron chi connectivity index (χ2n) is 6.00. The first-order valence-corrected chi connectivity index (χ1v) is 8.10. The van der Waals surface area contributed by atoms with Crippen LogP contribution in [0.2, 0.25) is 0 Å². The minimum atomic E-state index is -0.344. The first kappa shape index (κ1) is 16.5. The standard InChI is InChI=1S/C16H23N7O/c1-11-3-4-12(22-21-11)7-18-8-13-5-14(24)9-23(13)16-6-15(17-2)19-10-20-16/h3-4,6,10,13-14,18,24H,5,7-9H2,1-2H3,(H,17,19,20)/t13-,14-/m1/s1. The van der Waals surface area contributed by atoms with Crippen molar-refractivity contribution < 1.29 is 5.11 Å². The van der Waals surface area contributed by atoms with Crippen molar-refractivity contribution >= 4 is 11.6 Å². The van der Waals surface area contributed by atoms with Gasteiger partial charge in [-0.15, -0.1) is 0 Å². The van der Waals surface area contributed by atoms with Gasteiger partial charge in [0.25, 0.3) is 0 Å². The van der Waals surface area contributed by atoms with Gasteiger partial charge in [-0.05, 0) is 25.5 Å². The molecule has 0 radical (unpaired) electrons. The Morgan fingerprint density at radius 3 is 2.92 bits per heavy atom. The molecule has 3 heterocycles. The molecule has 8 nitrogen and oxygen atoms in total. The molecular weight excluding hydrogens is 306 g/mol. The largest absolute Gasteiger partial charge is 0.391 e. The molecule has 0 bridgehead atoms. The fourth-order valence-corrected chi connectivity index (χ4v) is 2.89. The molecule has 2 atom stereocenters. The number of hydrogen-bond acceptors (Lipinski definition) is 8. The molecule has 0 spiro atoms. The molecule has 2 aromatic rings. The summed E-state index contributed by atoms with van der Waals surface area (Å²) < 4.78 is 0. The van der Waals surface area contributed by atoms with Gasteiger partial charge in [-0.3, -0.25) is 0 Å². The molecule has 0 amide bonds. The fraction of sp³-hybridized carbons (Fsp3) is 0.500. The van der Waals surface area contributed by atoms with E-state index in [0.29, 0.717) is 19.5 Å². The maximum Gasteiger partial charge on any atom is 0.134 e. The number of aromatic nitrogens is 4. The Balaban J connectivity index is 1.61. The summed E-state index contributed by atoms with van der Waals surface area (Å²) in [5.74, 6) is 1.59. The molecule has 128 valence electrons. The smallest absolute Gasteiger partial charge is 0.134 e. The van der Waals surface area contributed by atoms with Gasteiger partial charge in [0.05, 0.1) is 17.5 Å². The molecule has 0 unspecified atom stereocenters. The van der Waals surface area contributed by atoms with Crippen LogP contribution >= 0.6 is 0 Å². The van der Waals surface area contributed by atoms with Crippen LogP contribution in [-0.2, 0) is 6.54 Å². The van der Waals surface area contributed by atoms with Crippen molar-refractivity contribution in [2.45, 2.75) is 32.0 Å². The number of nitrogens with one attached hydrogen (secondary N) is 2. The topological polar surface area (TPSA) is 99.1 Å². The highest BCUT2D eigenvalue weighted by atomic mass is 16.3. The van der Waals surface area contributed by atoms with E-state index in [1.165, 1.54) is 6.33 Å². The molecule has 2 aromatic heterocycles. The van der Waals surface area contributed by atoms with Crippen molar-refractivity contribution in [2.24, 2.45) is 0 Å². The van der Waals surface area contributed by atoms with E-state index < -0.39 is 0 Å². The van der Waals surface area contributed by atoms with Crippen molar-refractivity contribution in [3.63, 3.8) is 0 Å². The number of aryl methyl sites for hydroxylation is 1. The van der Waals surface area contributed by atoms with Gasteiger partial charge in [0.15, 0.2) is 0 Å². The third-order valence-corrected chi connectivity index (χ3v) is 4.13. The summed E-state index contributed by atoms with van der Waals surface area (Å²) in [6, 6.07) is 6.00. The number of rotatable bonds is 6. The number of aliphatic hydroxyl groups excluding tert-OH is 1. The molecule has 1 aliphatic heterocycles. The summed E-state index contributed by atoms with van der Waals surface area (Å²) in [4.78, 5) is 10.6. The van der Waals surface area contributed by atoms with Crippen LogP contribution < -0.4 is 15.5 Å². The van der Waals surface area contributed by atoms with E-state index in [2.05, 4.69) is 35.7 Å². The van der Waals surface area contributed by atoms with E-state index in [4.69, 9.17) is 0 Å². The molecule has 0 saturated carbocycles. The van der Waals surface area contributed by atoms with E-state index in [9.17, 15) is 5.11 Å². The van der Waals surface area contributed by atoms with E-state index in [1.54, 1.807) is 0 Å². The SMILES string of the molecule is CNc1cc(N2C[C@H](O)C[C@@H]2CNCc2ccc(C)nn2)ncn1. The third kappa shape index (κ3) is 3.95. The van der Waals surface area contributed by atoms with Crippen LogP contribution in [0.1, 0.15) is 17.8 Å². The number of aliphatic hydroxyl groups is 1. The summed E-state index contributed by atoms with van der Waals surface area (Å²) in [5.41, 5.74) is 1.82. The lowest BCUT2D eigenvalue weighted by atomic mass is 10.2. The zero-order chi connectivity index (χ0) is 16.9. The minimum absolute atomic E-state index is 0.179.